The van der Waals surface area contributed by atoms with Gasteiger partial charge in [0.25, 0.3) is 5.69 Å². The molecule has 3 N–H and O–H groups in total. The monoisotopic (exact) mass is 484 g/mol. The molecule has 2 aromatic carbocycles. The highest BCUT2D eigenvalue weighted by atomic mass is 19.4. The van der Waals surface area contributed by atoms with E-state index in [0.717, 1.165) is 35.9 Å². The van der Waals surface area contributed by atoms with E-state index in [9.17, 15) is 28.1 Å². The Hall–Kier alpha value is -4.94. The number of hydrogen-bond acceptors (Lipinski definition) is 6. The minimum Gasteiger partial charge on any atom is -0.457 e. The summed E-state index contributed by atoms with van der Waals surface area (Å²) in [6.07, 6.45) is 0.222. The molecule has 0 spiro atoms. The van der Waals surface area contributed by atoms with Gasteiger partial charge in [-0.25, -0.2) is 4.79 Å². The van der Waals surface area contributed by atoms with Crippen molar-refractivity contribution >= 4 is 23.1 Å². The number of anilines is 2. The Kier molecular flexibility index (Phi) is 6.31. The number of alkyl halides is 3. The summed E-state index contributed by atoms with van der Waals surface area (Å²) < 4.78 is 43.8. The van der Waals surface area contributed by atoms with Gasteiger partial charge in [0.05, 0.1) is 22.4 Å². The molecule has 0 atom stereocenters. The summed E-state index contributed by atoms with van der Waals surface area (Å²) in [7, 11) is 0. The van der Waals surface area contributed by atoms with Gasteiger partial charge in [-0.1, -0.05) is 0 Å². The molecule has 4 rings (SSSR count). The summed E-state index contributed by atoms with van der Waals surface area (Å²) in [5.74, 6) is 0.565. The smallest absolute Gasteiger partial charge is 0.416 e. The first-order valence-electron chi connectivity index (χ1n) is 9.86. The van der Waals surface area contributed by atoms with Gasteiger partial charge in [-0.05, 0) is 36.4 Å². The zero-order valence-corrected chi connectivity index (χ0v) is 17.5. The number of halogens is 3. The van der Waals surface area contributed by atoms with Crippen molar-refractivity contribution in [2.24, 2.45) is 0 Å². The number of aromatic nitrogens is 3. The molecule has 0 aliphatic heterocycles. The fraction of sp³-hybridized carbons (Fsp3) is 0.0455. The molecule has 0 aliphatic rings. The van der Waals surface area contributed by atoms with Crippen molar-refractivity contribution in [3.8, 4) is 22.8 Å². The third-order valence-corrected chi connectivity index (χ3v) is 4.64. The zero-order chi connectivity index (χ0) is 25.0. The molecule has 0 aliphatic carbocycles. The van der Waals surface area contributed by atoms with Crippen LogP contribution in [0.25, 0.3) is 11.3 Å². The molecule has 2 aromatic heterocycles. The summed E-state index contributed by atoms with van der Waals surface area (Å²) in [6, 6.07) is 9.83. The lowest BCUT2D eigenvalue weighted by Crippen LogP contribution is -2.20. The van der Waals surface area contributed by atoms with Gasteiger partial charge in [-0.2, -0.15) is 18.3 Å². The molecule has 0 bridgehead atoms. The van der Waals surface area contributed by atoms with E-state index in [1.54, 1.807) is 24.5 Å². The molecular weight excluding hydrogens is 469 g/mol. The normalized spacial score (nSPS) is 11.1. The van der Waals surface area contributed by atoms with Crippen LogP contribution < -0.4 is 15.4 Å². The maximum atomic E-state index is 12.7. The number of carbonyl (C=O) groups excluding carboxylic acids is 1. The van der Waals surface area contributed by atoms with Crippen molar-refractivity contribution in [3.05, 3.63) is 88.9 Å². The summed E-state index contributed by atoms with van der Waals surface area (Å²) >= 11 is 0. The predicted molar refractivity (Wildman–Crippen MR) is 119 cm³/mol. The molecule has 35 heavy (non-hydrogen) atoms. The number of nitro benzene ring substituents is 1. The molecule has 0 fully saturated rings. The zero-order valence-electron chi connectivity index (χ0n) is 17.5. The quantitative estimate of drug-likeness (QED) is 0.233. The lowest BCUT2D eigenvalue weighted by atomic mass is 10.2. The average molecular weight is 484 g/mol. The lowest BCUT2D eigenvalue weighted by molar-refractivity contribution is -0.383. The molecule has 0 saturated heterocycles. The van der Waals surface area contributed by atoms with Crippen LogP contribution in [0.5, 0.6) is 11.5 Å². The third-order valence-electron chi connectivity index (χ3n) is 4.64. The molecule has 13 heteroatoms. The second kappa shape index (κ2) is 9.51. The number of carbonyl (C=O) groups is 1. The Balaban J connectivity index is 1.51. The van der Waals surface area contributed by atoms with E-state index in [2.05, 4.69) is 25.8 Å². The van der Waals surface area contributed by atoms with Crippen molar-refractivity contribution < 1.29 is 27.6 Å². The number of pyridine rings is 1. The maximum Gasteiger partial charge on any atom is 0.416 e. The molecule has 2 heterocycles. The second-order valence-electron chi connectivity index (χ2n) is 7.06. The van der Waals surface area contributed by atoms with E-state index in [0.29, 0.717) is 11.4 Å². The number of benzene rings is 2. The van der Waals surface area contributed by atoms with E-state index in [-0.39, 0.29) is 17.1 Å². The van der Waals surface area contributed by atoms with Crippen molar-refractivity contribution in [3.63, 3.8) is 0 Å². The fourth-order valence-corrected chi connectivity index (χ4v) is 3.02. The lowest BCUT2D eigenvalue weighted by Gasteiger charge is -2.12. The van der Waals surface area contributed by atoms with E-state index < -0.39 is 28.4 Å². The standard InChI is InChI=1S/C22H15F3N6O4/c23-22(24,25)14-1-3-15(4-2-14)29-21(32)30-19-10-16(5-6-20(19)31(33)34)35-17-7-8-26-18(9-17)13-11-27-28-12-13/h1-12H,(H,27,28)(H2,29,30,32). The van der Waals surface area contributed by atoms with Crippen LogP contribution in [0, 0.1) is 10.1 Å². The van der Waals surface area contributed by atoms with Crippen LogP contribution in [0.3, 0.4) is 0 Å². The first kappa shape index (κ1) is 23.2. The summed E-state index contributed by atoms with van der Waals surface area (Å²) in [5.41, 5.74) is -0.103. The van der Waals surface area contributed by atoms with Crippen LogP contribution in [-0.2, 0) is 6.18 Å². The van der Waals surface area contributed by atoms with E-state index in [1.807, 2.05) is 0 Å². The Labute approximate surface area is 194 Å². The van der Waals surface area contributed by atoms with Gasteiger partial charge < -0.3 is 15.4 Å². The highest BCUT2D eigenvalue weighted by Gasteiger charge is 2.30. The summed E-state index contributed by atoms with van der Waals surface area (Å²) in [6.45, 7) is 0. The van der Waals surface area contributed by atoms with Crippen LogP contribution in [0.2, 0.25) is 0 Å². The largest absolute Gasteiger partial charge is 0.457 e. The highest BCUT2D eigenvalue weighted by Crippen LogP contribution is 2.33. The maximum absolute atomic E-state index is 12.7. The SMILES string of the molecule is O=C(Nc1ccc(C(F)(F)F)cc1)Nc1cc(Oc2ccnc(-c3cn[nH]c3)c2)ccc1[N+](=O)[O-]. The first-order valence-corrected chi connectivity index (χ1v) is 9.86. The molecule has 178 valence electrons. The number of amides is 2. The van der Waals surface area contributed by atoms with Crippen molar-refractivity contribution in [2.75, 3.05) is 10.6 Å². The molecule has 4 aromatic rings. The van der Waals surface area contributed by atoms with Crippen LogP contribution >= 0.6 is 0 Å². The number of nitrogens with one attached hydrogen (secondary N) is 3. The van der Waals surface area contributed by atoms with E-state index >= 15 is 0 Å². The minimum absolute atomic E-state index is 0.0640. The molecule has 0 saturated carbocycles. The number of nitrogens with zero attached hydrogens (tertiary/aromatic N) is 3. The number of nitro groups is 1. The van der Waals surface area contributed by atoms with Crippen LogP contribution in [0.4, 0.5) is 35.0 Å². The number of rotatable bonds is 6. The second-order valence-corrected chi connectivity index (χ2v) is 7.06. The van der Waals surface area contributed by atoms with Crippen molar-refractivity contribution in [1.82, 2.24) is 15.2 Å². The fourth-order valence-electron chi connectivity index (χ4n) is 3.02. The van der Waals surface area contributed by atoms with Gasteiger partial charge in [0.1, 0.15) is 17.2 Å². The average Bonchev–Trinajstić information content (AvgIpc) is 3.34. The van der Waals surface area contributed by atoms with Gasteiger partial charge in [-0.15, -0.1) is 0 Å². The first-order chi connectivity index (χ1) is 16.7. The summed E-state index contributed by atoms with van der Waals surface area (Å²) in [4.78, 5) is 27.3. The topological polar surface area (TPSA) is 135 Å². The molecule has 0 unspecified atom stereocenters. The van der Waals surface area contributed by atoms with E-state index in [1.165, 1.54) is 18.3 Å². The van der Waals surface area contributed by atoms with Gasteiger partial charge in [0, 0.05) is 41.8 Å². The van der Waals surface area contributed by atoms with Crippen LogP contribution in [0.1, 0.15) is 5.56 Å². The summed E-state index contributed by atoms with van der Waals surface area (Å²) in [5, 5.41) is 22.6. The van der Waals surface area contributed by atoms with Gasteiger partial charge >= 0.3 is 12.2 Å². The van der Waals surface area contributed by atoms with Gasteiger partial charge in [0.2, 0.25) is 0 Å². The Bertz CT molecular complexity index is 1360. The number of hydrogen-bond donors (Lipinski definition) is 3. The van der Waals surface area contributed by atoms with Crippen molar-refractivity contribution in [2.45, 2.75) is 6.18 Å². The Morgan fingerprint density at radius 3 is 2.43 bits per heavy atom. The van der Waals surface area contributed by atoms with Gasteiger partial charge in [0.15, 0.2) is 0 Å². The van der Waals surface area contributed by atoms with Gasteiger partial charge in [-0.3, -0.25) is 20.2 Å². The van der Waals surface area contributed by atoms with E-state index in [4.69, 9.17) is 4.74 Å². The third kappa shape index (κ3) is 5.71. The molecule has 10 nitrogen and oxygen atoms in total. The Morgan fingerprint density at radius 1 is 1.03 bits per heavy atom. The number of H-pyrrole nitrogens is 1. The predicted octanol–water partition coefficient (Wildman–Crippen LogP) is 5.84. The molecular formula is C22H15F3N6O4. The number of ether oxygens (including phenoxy) is 1. The Morgan fingerprint density at radius 2 is 1.77 bits per heavy atom. The molecule has 0 radical (unpaired) electrons. The number of urea groups is 1. The van der Waals surface area contributed by atoms with Crippen molar-refractivity contribution in [1.29, 1.82) is 0 Å². The minimum atomic E-state index is -4.52. The highest BCUT2D eigenvalue weighted by molar-refractivity contribution is 6.01. The van der Waals surface area contributed by atoms with Crippen LogP contribution in [0.15, 0.2) is 73.2 Å². The van der Waals surface area contributed by atoms with Crippen LogP contribution in [-0.4, -0.2) is 26.1 Å². The number of aromatic amines is 1. The molecule has 2 amide bonds.